The first kappa shape index (κ1) is 46.8. The number of H-pyrrole nitrogens is 1. The maximum atomic E-state index is 13.1. The van der Waals surface area contributed by atoms with Crippen molar-refractivity contribution in [3.63, 3.8) is 0 Å². The summed E-state index contributed by atoms with van der Waals surface area (Å²) in [5.74, 6) is -2.80. The van der Waals surface area contributed by atoms with Gasteiger partial charge < -0.3 is 51.7 Å². The van der Waals surface area contributed by atoms with Gasteiger partial charge in [-0.05, 0) is 50.1 Å². The SMILES string of the molecule is CCCCc1nc2c(N)nc3cccc4c3c2n1CC4(C)OC(=O)OCCSSCC(NC(=O)CCC(NC(=O)c1ccc(NCc2cnc3nc(N)[nH]c(=O)c3n2)cc1)C(=O)O)C(=O)O. The zero-order valence-corrected chi connectivity index (χ0v) is 37.3. The maximum absolute atomic E-state index is 13.1. The second-order valence-electron chi connectivity index (χ2n) is 15.4. The molecule has 346 valence electrons. The summed E-state index contributed by atoms with van der Waals surface area (Å²) in [6.45, 7) is 4.34. The lowest BCUT2D eigenvalue weighted by molar-refractivity contribution is -0.142. The van der Waals surface area contributed by atoms with E-state index in [1.54, 1.807) is 12.1 Å². The van der Waals surface area contributed by atoms with Gasteiger partial charge >= 0.3 is 18.1 Å². The number of aliphatic carboxylic acids is 2. The number of hydrogen-bond donors (Lipinski definition) is 8. The number of aromatic nitrogens is 7. The Morgan fingerprint density at radius 2 is 1.74 bits per heavy atom. The van der Waals surface area contributed by atoms with Gasteiger partial charge in [0.05, 0.1) is 36.0 Å². The van der Waals surface area contributed by atoms with Crippen LogP contribution in [0.5, 0.6) is 0 Å². The number of nitrogens with one attached hydrogen (secondary N) is 4. The molecular weight excluding hydrogens is 897 g/mol. The molecule has 7 rings (SSSR count). The van der Waals surface area contributed by atoms with E-state index in [9.17, 15) is 39.0 Å². The van der Waals surface area contributed by atoms with E-state index < -0.39 is 53.2 Å². The van der Waals surface area contributed by atoms with Crippen molar-refractivity contribution in [3.05, 3.63) is 81.7 Å². The molecule has 0 aliphatic carbocycles. The summed E-state index contributed by atoms with van der Waals surface area (Å²) < 4.78 is 13.5. The Labute approximate surface area is 382 Å². The highest BCUT2D eigenvalue weighted by molar-refractivity contribution is 8.76. The summed E-state index contributed by atoms with van der Waals surface area (Å²) in [5.41, 5.74) is 14.4. The zero-order valence-electron chi connectivity index (χ0n) is 35.7. The molecule has 0 spiro atoms. The van der Waals surface area contributed by atoms with Crippen LogP contribution in [0.3, 0.4) is 0 Å². The third-order valence-electron chi connectivity index (χ3n) is 10.6. The number of benzene rings is 2. The van der Waals surface area contributed by atoms with E-state index >= 15 is 0 Å². The summed E-state index contributed by atoms with van der Waals surface area (Å²) in [7, 11) is 2.36. The monoisotopic (exact) mass is 942 g/mol. The molecule has 10 N–H and O–H groups in total. The molecule has 1 aliphatic rings. The van der Waals surface area contributed by atoms with Crippen LogP contribution in [0, 0.1) is 0 Å². The van der Waals surface area contributed by atoms with Gasteiger partial charge in [-0.15, -0.1) is 0 Å². The molecule has 0 saturated carbocycles. The summed E-state index contributed by atoms with van der Waals surface area (Å²) >= 11 is 0. The first-order chi connectivity index (χ1) is 31.6. The highest BCUT2D eigenvalue weighted by Crippen LogP contribution is 2.43. The minimum Gasteiger partial charge on any atom is -0.480 e. The minimum atomic E-state index is -1.45. The van der Waals surface area contributed by atoms with E-state index in [1.807, 2.05) is 25.1 Å². The summed E-state index contributed by atoms with van der Waals surface area (Å²) in [6, 6.07) is 8.91. The summed E-state index contributed by atoms with van der Waals surface area (Å²) in [6.07, 6.45) is 2.45. The molecule has 3 atom stereocenters. The number of unbranched alkanes of at least 4 members (excludes halogenated alkanes) is 1. The molecule has 6 aromatic rings. The second kappa shape index (κ2) is 20.3. The topological polar surface area (TPSA) is 335 Å². The summed E-state index contributed by atoms with van der Waals surface area (Å²) in [4.78, 5) is 98.9. The Hall–Kier alpha value is -7.21. The first-order valence-electron chi connectivity index (χ1n) is 20.7. The van der Waals surface area contributed by atoms with Crippen LogP contribution >= 0.6 is 21.6 Å². The van der Waals surface area contributed by atoms with Crippen LogP contribution in [-0.2, 0) is 49.0 Å². The second-order valence-corrected chi connectivity index (χ2v) is 18.1. The Morgan fingerprint density at radius 1 is 0.970 bits per heavy atom. The maximum Gasteiger partial charge on any atom is 0.509 e. The molecule has 1 aliphatic heterocycles. The number of imidazole rings is 1. The molecule has 66 heavy (non-hydrogen) atoms. The number of ether oxygens (including phenoxy) is 2. The van der Waals surface area contributed by atoms with Crippen LogP contribution in [0.15, 0.2) is 53.5 Å². The molecule has 2 amide bonds. The quantitative estimate of drug-likeness (QED) is 0.0289. The standard InChI is InChI=1S/C42H46N12O10S2/c1-3-4-8-28-51-31-33-30-24(6-5-7-25(30)49-34(31)43)42(2,20-54(28)33)64-41(62)63-15-16-65-66-19-27(39(60)61)48-29(55)14-13-26(38(58)59)50-36(56)21-9-11-22(12-10-21)45-17-23-18-46-35-32(47-23)37(57)53-40(44)52-35/h5-7,9-12,18,26-27,45H,3-4,8,13-17,19-20H2,1-2H3,(H2,43,49)(H,48,55)(H,50,56)(H,58,59)(H,60,61)(H3,44,46,52,53,57). The van der Waals surface area contributed by atoms with Crippen molar-refractivity contribution in [2.24, 2.45) is 0 Å². The molecule has 3 unspecified atom stereocenters. The van der Waals surface area contributed by atoms with Crippen LogP contribution in [0.4, 0.5) is 22.2 Å². The number of nitrogen functional groups attached to an aromatic ring is 2. The van der Waals surface area contributed by atoms with Gasteiger partial charge in [0.25, 0.3) is 11.5 Å². The Bertz CT molecular complexity index is 2900. The lowest BCUT2D eigenvalue weighted by atomic mass is 9.88. The van der Waals surface area contributed by atoms with Gasteiger partial charge in [-0.3, -0.25) is 19.4 Å². The van der Waals surface area contributed by atoms with Gasteiger partial charge in [0, 0.05) is 46.5 Å². The average Bonchev–Trinajstić information content (AvgIpc) is 3.65. The van der Waals surface area contributed by atoms with Crippen LogP contribution in [0.25, 0.3) is 33.1 Å². The number of rotatable bonds is 21. The van der Waals surface area contributed by atoms with E-state index in [4.69, 9.17) is 25.9 Å². The molecule has 0 radical (unpaired) electrons. The van der Waals surface area contributed by atoms with Gasteiger partial charge in [-0.1, -0.05) is 47.1 Å². The van der Waals surface area contributed by atoms with Gasteiger partial charge in [-0.2, -0.15) is 4.98 Å². The number of amides is 2. The lowest BCUT2D eigenvalue weighted by Crippen LogP contribution is -2.44. The van der Waals surface area contributed by atoms with Gasteiger partial charge in [0.15, 0.2) is 22.6 Å². The van der Waals surface area contributed by atoms with Crippen molar-refractivity contribution in [2.75, 3.05) is 34.9 Å². The molecule has 0 fully saturated rings. The van der Waals surface area contributed by atoms with Crippen LogP contribution in [-0.4, -0.2) is 105 Å². The van der Waals surface area contributed by atoms with Crippen LogP contribution in [0.2, 0.25) is 0 Å². The highest BCUT2D eigenvalue weighted by atomic mass is 33.1. The number of nitrogens with two attached hydrogens (primary N) is 2. The van der Waals surface area contributed by atoms with E-state index in [1.165, 1.54) is 29.1 Å². The number of anilines is 3. The third kappa shape index (κ3) is 10.7. The Morgan fingerprint density at radius 3 is 2.48 bits per heavy atom. The molecule has 0 bridgehead atoms. The molecule has 2 aromatic carbocycles. The molecular formula is C42H46N12O10S2. The fourth-order valence-electron chi connectivity index (χ4n) is 7.36. The lowest BCUT2D eigenvalue weighted by Gasteiger charge is -2.35. The largest absolute Gasteiger partial charge is 0.509 e. The van der Waals surface area contributed by atoms with Crippen molar-refractivity contribution < 1.29 is 43.7 Å². The number of carbonyl (C=O) groups is 5. The van der Waals surface area contributed by atoms with Crippen molar-refractivity contribution in [1.29, 1.82) is 0 Å². The Kier molecular flexibility index (Phi) is 14.4. The van der Waals surface area contributed by atoms with Crippen LogP contribution < -0.4 is 33.0 Å². The number of pyridine rings is 1. The predicted octanol–water partition coefficient (Wildman–Crippen LogP) is 3.73. The zero-order chi connectivity index (χ0) is 47.1. The highest BCUT2D eigenvalue weighted by Gasteiger charge is 2.40. The average molecular weight is 943 g/mol. The Balaban J connectivity index is 0.830. The number of aromatic amines is 1. The molecule has 0 saturated heterocycles. The fourth-order valence-corrected chi connectivity index (χ4v) is 9.34. The number of fused-ring (bicyclic) bond motifs is 1. The molecule has 24 heteroatoms. The van der Waals surface area contributed by atoms with Gasteiger partial charge in [-0.25, -0.2) is 34.3 Å². The number of aryl methyl sites for hydroxylation is 1. The van der Waals surface area contributed by atoms with Crippen molar-refractivity contribution in [1.82, 2.24) is 45.1 Å². The smallest absolute Gasteiger partial charge is 0.480 e. The number of nitrogens with zero attached hydrogens (tertiary/aromatic N) is 6. The third-order valence-corrected chi connectivity index (χ3v) is 13.0. The summed E-state index contributed by atoms with van der Waals surface area (Å²) in [5, 5.41) is 28.2. The van der Waals surface area contributed by atoms with E-state index in [2.05, 4.69) is 52.4 Å². The number of carboxylic acids is 2. The van der Waals surface area contributed by atoms with E-state index in [0.717, 1.165) is 45.9 Å². The number of carboxylic acid groups (broad SMARTS) is 2. The van der Waals surface area contributed by atoms with E-state index in [-0.39, 0.29) is 60.2 Å². The van der Waals surface area contributed by atoms with Crippen LogP contribution in [0.1, 0.15) is 67.0 Å². The van der Waals surface area contributed by atoms with Gasteiger partial charge in [0.1, 0.15) is 30.0 Å². The first-order valence-corrected chi connectivity index (χ1v) is 23.2. The number of carbonyl (C=O) groups excluding carboxylic acids is 3. The predicted molar refractivity (Wildman–Crippen MR) is 247 cm³/mol. The van der Waals surface area contributed by atoms with Crippen molar-refractivity contribution >= 4 is 102 Å². The minimum absolute atomic E-state index is 0.0241. The van der Waals surface area contributed by atoms with E-state index in [0.29, 0.717) is 41.2 Å². The molecule has 5 heterocycles. The van der Waals surface area contributed by atoms with Gasteiger partial charge in [0.2, 0.25) is 11.9 Å². The normalized spacial score (nSPS) is 15.1. The van der Waals surface area contributed by atoms with Crippen molar-refractivity contribution in [3.8, 4) is 0 Å². The molecule has 4 aromatic heterocycles. The molecule has 22 nitrogen and oxygen atoms in total. The fraction of sp³-hybridized carbons (Fsp3) is 0.357. The number of hydrogen-bond acceptors (Lipinski definition) is 18. The van der Waals surface area contributed by atoms with Crippen molar-refractivity contribution in [2.45, 2.75) is 76.7 Å².